The summed E-state index contributed by atoms with van der Waals surface area (Å²) in [5.74, 6) is 0. The Bertz CT molecular complexity index is 562. The number of likely N-dealkylation sites (tertiary alicyclic amines) is 1. The van der Waals surface area contributed by atoms with Crippen molar-refractivity contribution in [3.05, 3.63) is 42.1 Å². The van der Waals surface area contributed by atoms with Gasteiger partial charge in [0.1, 0.15) is 0 Å². The van der Waals surface area contributed by atoms with Crippen LogP contribution in [0.4, 0.5) is 0 Å². The molecule has 1 saturated heterocycles. The fourth-order valence-corrected chi connectivity index (χ4v) is 3.07. The van der Waals surface area contributed by atoms with Crippen LogP contribution in [0.2, 0.25) is 0 Å². The van der Waals surface area contributed by atoms with Gasteiger partial charge in [-0.3, -0.25) is 4.98 Å². The van der Waals surface area contributed by atoms with Crippen LogP contribution in [-0.4, -0.2) is 35.6 Å². The third-order valence-electron chi connectivity index (χ3n) is 4.27. The first-order valence-electron chi connectivity index (χ1n) is 7.65. The van der Waals surface area contributed by atoms with Crippen molar-refractivity contribution in [1.29, 1.82) is 0 Å². The van der Waals surface area contributed by atoms with Gasteiger partial charge < -0.3 is 10.2 Å². The fourth-order valence-electron chi connectivity index (χ4n) is 3.07. The number of nitrogens with one attached hydrogen (secondary N) is 1. The summed E-state index contributed by atoms with van der Waals surface area (Å²) in [5, 5.41) is 4.99. The van der Waals surface area contributed by atoms with E-state index >= 15 is 0 Å². The molecule has 1 aromatic heterocycles. The standard InChI is InChI=1S/C17H23N3/c1-2-20-11-5-6-15(13-20)19-12-14-9-10-18-17-8-4-3-7-16(14)17/h3-4,7-10,15,19H,2,5-6,11-13H2,1H3. The predicted octanol–water partition coefficient (Wildman–Crippen LogP) is 2.81. The van der Waals surface area contributed by atoms with Crippen LogP contribution >= 0.6 is 0 Å². The molecule has 3 nitrogen and oxygen atoms in total. The van der Waals surface area contributed by atoms with Gasteiger partial charge in [-0.15, -0.1) is 0 Å². The van der Waals surface area contributed by atoms with Gasteiger partial charge in [-0.2, -0.15) is 0 Å². The number of pyridine rings is 1. The van der Waals surface area contributed by atoms with Gasteiger partial charge in [0.05, 0.1) is 5.52 Å². The summed E-state index contributed by atoms with van der Waals surface area (Å²) in [6.07, 6.45) is 4.51. The molecule has 0 amide bonds. The molecule has 1 N–H and O–H groups in total. The Morgan fingerprint density at radius 1 is 1.30 bits per heavy atom. The lowest BCUT2D eigenvalue weighted by Crippen LogP contribution is -2.45. The van der Waals surface area contributed by atoms with Crippen LogP contribution in [0, 0.1) is 0 Å². The Hall–Kier alpha value is -1.45. The normalized spacial score (nSPS) is 20.4. The topological polar surface area (TPSA) is 28.2 Å². The van der Waals surface area contributed by atoms with Crippen LogP contribution in [0.1, 0.15) is 25.3 Å². The monoisotopic (exact) mass is 269 g/mol. The second kappa shape index (κ2) is 6.33. The highest BCUT2D eigenvalue weighted by Gasteiger charge is 2.18. The predicted molar refractivity (Wildman–Crippen MR) is 83.7 cm³/mol. The molecule has 1 aliphatic rings. The molecule has 1 fully saturated rings. The maximum Gasteiger partial charge on any atom is 0.0705 e. The minimum Gasteiger partial charge on any atom is -0.309 e. The van der Waals surface area contributed by atoms with Crippen LogP contribution in [0.5, 0.6) is 0 Å². The van der Waals surface area contributed by atoms with Crippen molar-refractivity contribution in [3.63, 3.8) is 0 Å². The van der Waals surface area contributed by atoms with Crippen LogP contribution in [0.3, 0.4) is 0 Å². The molecule has 0 radical (unpaired) electrons. The number of likely N-dealkylation sites (N-methyl/N-ethyl adjacent to an activating group) is 1. The fraction of sp³-hybridized carbons (Fsp3) is 0.471. The van der Waals surface area contributed by atoms with E-state index in [-0.39, 0.29) is 0 Å². The first-order valence-corrected chi connectivity index (χ1v) is 7.65. The number of nitrogens with zero attached hydrogens (tertiary/aromatic N) is 2. The summed E-state index contributed by atoms with van der Waals surface area (Å²) < 4.78 is 0. The molecular formula is C17H23N3. The number of fused-ring (bicyclic) bond motifs is 1. The molecule has 0 spiro atoms. The Kier molecular flexibility index (Phi) is 4.28. The summed E-state index contributed by atoms with van der Waals surface area (Å²) in [6.45, 7) is 6.78. The number of rotatable bonds is 4. The second-order valence-corrected chi connectivity index (χ2v) is 5.60. The molecular weight excluding hydrogens is 246 g/mol. The quantitative estimate of drug-likeness (QED) is 0.925. The van der Waals surface area contributed by atoms with Crippen molar-refractivity contribution >= 4 is 10.9 Å². The van der Waals surface area contributed by atoms with Crippen molar-refractivity contribution < 1.29 is 0 Å². The van der Waals surface area contributed by atoms with Crippen LogP contribution in [0.25, 0.3) is 10.9 Å². The van der Waals surface area contributed by atoms with Gasteiger partial charge in [0, 0.05) is 30.7 Å². The van der Waals surface area contributed by atoms with Gasteiger partial charge >= 0.3 is 0 Å². The van der Waals surface area contributed by atoms with Gasteiger partial charge in [-0.05, 0) is 43.6 Å². The maximum atomic E-state index is 4.43. The summed E-state index contributed by atoms with van der Waals surface area (Å²) in [5.41, 5.74) is 2.44. The number of benzene rings is 1. The molecule has 2 heterocycles. The summed E-state index contributed by atoms with van der Waals surface area (Å²) in [4.78, 5) is 6.96. The smallest absolute Gasteiger partial charge is 0.0705 e. The lowest BCUT2D eigenvalue weighted by molar-refractivity contribution is 0.198. The molecule has 2 aromatic rings. The summed E-state index contributed by atoms with van der Waals surface area (Å²) in [6, 6.07) is 11.1. The Balaban J connectivity index is 1.68. The number of piperidine rings is 1. The zero-order chi connectivity index (χ0) is 13.8. The van der Waals surface area contributed by atoms with E-state index < -0.39 is 0 Å². The molecule has 1 aliphatic heterocycles. The van der Waals surface area contributed by atoms with E-state index in [9.17, 15) is 0 Å². The zero-order valence-corrected chi connectivity index (χ0v) is 12.2. The Labute approximate surface area is 121 Å². The Morgan fingerprint density at radius 3 is 3.10 bits per heavy atom. The molecule has 1 unspecified atom stereocenters. The third-order valence-corrected chi connectivity index (χ3v) is 4.27. The number of hydrogen-bond acceptors (Lipinski definition) is 3. The van der Waals surface area contributed by atoms with Crippen LogP contribution in [-0.2, 0) is 6.54 Å². The van der Waals surface area contributed by atoms with E-state index in [4.69, 9.17) is 0 Å². The number of para-hydroxylation sites is 1. The van der Waals surface area contributed by atoms with Gasteiger partial charge in [-0.1, -0.05) is 25.1 Å². The molecule has 0 saturated carbocycles. The van der Waals surface area contributed by atoms with Crippen LogP contribution in [0.15, 0.2) is 36.5 Å². The highest BCUT2D eigenvalue weighted by Crippen LogP contribution is 2.17. The highest BCUT2D eigenvalue weighted by molar-refractivity contribution is 5.81. The SMILES string of the molecule is CCN1CCCC(NCc2ccnc3ccccc23)C1. The average Bonchev–Trinajstić information content (AvgIpc) is 2.53. The maximum absolute atomic E-state index is 4.43. The highest BCUT2D eigenvalue weighted by atomic mass is 15.2. The molecule has 1 atom stereocenters. The van der Waals surface area contributed by atoms with E-state index in [0.29, 0.717) is 6.04 Å². The second-order valence-electron chi connectivity index (χ2n) is 5.60. The van der Waals surface area contributed by atoms with Crippen molar-refractivity contribution in [2.24, 2.45) is 0 Å². The number of hydrogen-bond donors (Lipinski definition) is 1. The van der Waals surface area contributed by atoms with Crippen molar-refractivity contribution in [2.75, 3.05) is 19.6 Å². The first kappa shape index (κ1) is 13.5. The van der Waals surface area contributed by atoms with Gasteiger partial charge in [-0.25, -0.2) is 0 Å². The van der Waals surface area contributed by atoms with Gasteiger partial charge in [0.2, 0.25) is 0 Å². The minimum absolute atomic E-state index is 0.621. The molecule has 20 heavy (non-hydrogen) atoms. The van der Waals surface area contributed by atoms with Crippen molar-refractivity contribution in [2.45, 2.75) is 32.4 Å². The zero-order valence-electron chi connectivity index (χ0n) is 12.2. The van der Waals surface area contributed by atoms with Crippen LogP contribution < -0.4 is 5.32 Å². The molecule has 3 heteroatoms. The summed E-state index contributed by atoms with van der Waals surface area (Å²) in [7, 11) is 0. The van der Waals surface area contributed by atoms with Gasteiger partial charge in [0.25, 0.3) is 0 Å². The minimum atomic E-state index is 0.621. The third kappa shape index (κ3) is 3.00. The largest absolute Gasteiger partial charge is 0.309 e. The lowest BCUT2D eigenvalue weighted by Gasteiger charge is -2.32. The van der Waals surface area contributed by atoms with E-state index in [1.54, 1.807) is 0 Å². The van der Waals surface area contributed by atoms with E-state index in [1.165, 1.54) is 36.9 Å². The van der Waals surface area contributed by atoms with Crippen molar-refractivity contribution in [3.8, 4) is 0 Å². The van der Waals surface area contributed by atoms with Gasteiger partial charge in [0.15, 0.2) is 0 Å². The average molecular weight is 269 g/mol. The lowest BCUT2D eigenvalue weighted by atomic mass is 10.0. The van der Waals surface area contributed by atoms with E-state index in [1.807, 2.05) is 12.3 Å². The number of aromatic nitrogens is 1. The molecule has 0 bridgehead atoms. The molecule has 3 rings (SSSR count). The van der Waals surface area contributed by atoms with E-state index in [2.05, 4.69) is 46.4 Å². The van der Waals surface area contributed by atoms with Crippen molar-refractivity contribution in [1.82, 2.24) is 15.2 Å². The Morgan fingerprint density at radius 2 is 2.20 bits per heavy atom. The van der Waals surface area contributed by atoms with E-state index in [0.717, 1.165) is 18.6 Å². The summed E-state index contributed by atoms with van der Waals surface area (Å²) >= 11 is 0. The first-order chi connectivity index (χ1) is 9.86. The molecule has 0 aliphatic carbocycles. The molecule has 1 aromatic carbocycles. The molecule has 106 valence electrons.